The van der Waals surface area contributed by atoms with Crippen molar-refractivity contribution in [1.82, 2.24) is 15.2 Å². The number of anilines is 2. The third kappa shape index (κ3) is 5.08. The van der Waals surface area contributed by atoms with E-state index in [9.17, 15) is 4.39 Å². The predicted molar refractivity (Wildman–Crippen MR) is 106 cm³/mol. The van der Waals surface area contributed by atoms with Gasteiger partial charge in [0, 0.05) is 16.8 Å². The topological polar surface area (TPSA) is 73.1 Å². The van der Waals surface area contributed by atoms with Crippen molar-refractivity contribution in [3.05, 3.63) is 77.4 Å². The summed E-state index contributed by atoms with van der Waals surface area (Å²) in [6, 6.07) is 15.7. The first-order valence-corrected chi connectivity index (χ1v) is 10.2. The van der Waals surface area contributed by atoms with Crippen molar-refractivity contribution in [3.63, 3.8) is 0 Å². The number of nitrogens with zero attached hydrogens (tertiary/aromatic N) is 3. The van der Waals surface area contributed by atoms with E-state index in [2.05, 4.69) is 20.5 Å². The van der Waals surface area contributed by atoms with Gasteiger partial charge in [0.15, 0.2) is 11.7 Å². The van der Waals surface area contributed by atoms with Gasteiger partial charge in [-0.05, 0) is 36.4 Å². The Morgan fingerprint density at radius 2 is 1.89 bits per heavy atom. The number of thiazole rings is 1. The largest absolute Gasteiger partial charge is 0.484 e. The first-order valence-electron chi connectivity index (χ1n) is 8.34. The summed E-state index contributed by atoms with van der Waals surface area (Å²) < 4.78 is 23.9. The molecule has 0 spiro atoms. The molecule has 142 valence electrons. The Bertz CT molecular complexity index is 1020. The lowest BCUT2D eigenvalue weighted by Crippen LogP contribution is -1.95. The Morgan fingerprint density at radius 1 is 1.07 bits per heavy atom. The highest BCUT2D eigenvalue weighted by Gasteiger charge is 2.10. The number of para-hydroxylation sites is 1. The second-order valence-electron chi connectivity index (χ2n) is 5.63. The summed E-state index contributed by atoms with van der Waals surface area (Å²) in [5.41, 5.74) is 1.93. The highest BCUT2D eigenvalue weighted by atomic mass is 32.2. The zero-order chi connectivity index (χ0) is 19.2. The molecule has 0 atom stereocenters. The number of ether oxygens (including phenoxy) is 1. The first kappa shape index (κ1) is 18.5. The van der Waals surface area contributed by atoms with Crippen LogP contribution in [0.5, 0.6) is 5.75 Å². The van der Waals surface area contributed by atoms with Gasteiger partial charge in [-0.15, -0.1) is 21.5 Å². The van der Waals surface area contributed by atoms with E-state index in [1.165, 1.54) is 23.9 Å². The Labute approximate surface area is 168 Å². The summed E-state index contributed by atoms with van der Waals surface area (Å²) in [6.45, 7) is 0.126. The molecule has 0 fully saturated rings. The van der Waals surface area contributed by atoms with Crippen molar-refractivity contribution in [2.24, 2.45) is 0 Å². The smallest absolute Gasteiger partial charge is 0.277 e. The molecule has 9 heteroatoms. The van der Waals surface area contributed by atoms with Crippen LogP contribution in [-0.2, 0) is 12.4 Å². The second-order valence-corrected chi connectivity index (χ2v) is 7.41. The first-order chi connectivity index (χ1) is 13.7. The van der Waals surface area contributed by atoms with Gasteiger partial charge in [-0.3, -0.25) is 0 Å². The normalized spacial score (nSPS) is 10.8. The summed E-state index contributed by atoms with van der Waals surface area (Å²) in [5.74, 6) is 1.20. The van der Waals surface area contributed by atoms with Gasteiger partial charge in [-0.1, -0.05) is 30.0 Å². The molecule has 0 unspecified atom stereocenters. The van der Waals surface area contributed by atoms with Crippen LogP contribution in [0.3, 0.4) is 0 Å². The maximum absolute atomic E-state index is 12.9. The molecule has 1 N–H and O–H groups in total. The van der Waals surface area contributed by atoms with Gasteiger partial charge in [0.25, 0.3) is 11.1 Å². The summed E-state index contributed by atoms with van der Waals surface area (Å²) in [6.07, 6.45) is 0. The van der Waals surface area contributed by atoms with Crippen molar-refractivity contribution in [2.75, 3.05) is 5.32 Å². The van der Waals surface area contributed by atoms with Crippen LogP contribution < -0.4 is 10.1 Å². The van der Waals surface area contributed by atoms with E-state index in [0.29, 0.717) is 22.6 Å². The van der Waals surface area contributed by atoms with Crippen LogP contribution in [0.2, 0.25) is 0 Å². The summed E-state index contributed by atoms with van der Waals surface area (Å²) in [4.78, 5) is 4.55. The molecule has 0 amide bonds. The van der Waals surface area contributed by atoms with Gasteiger partial charge in [-0.25, -0.2) is 9.37 Å². The van der Waals surface area contributed by atoms with Crippen LogP contribution >= 0.6 is 23.1 Å². The van der Waals surface area contributed by atoms with Crippen LogP contribution in [0.1, 0.15) is 11.6 Å². The van der Waals surface area contributed by atoms with Gasteiger partial charge in [0.1, 0.15) is 11.6 Å². The molecule has 6 nitrogen and oxygen atoms in total. The van der Waals surface area contributed by atoms with Crippen molar-refractivity contribution in [2.45, 2.75) is 17.6 Å². The van der Waals surface area contributed by atoms with E-state index in [0.717, 1.165) is 16.5 Å². The Balaban J connectivity index is 1.27. The number of nitrogens with one attached hydrogen (secondary N) is 1. The molecule has 2 aromatic carbocycles. The molecule has 2 aromatic heterocycles. The molecular formula is C19H15FN4O2S2. The summed E-state index contributed by atoms with van der Waals surface area (Å²) in [7, 11) is 0. The van der Waals surface area contributed by atoms with Crippen LogP contribution in [0, 0.1) is 5.82 Å². The van der Waals surface area contributed by atoms with E-state index in [-0.39, 0.29) is 12.4 Å². The van der Waals surface area contributed by atoms with Crippen LogP contribution in [0.25, 0.3) is 0 Å². The molecule has 28 heavy (non-hydrogen) atoms. The van der Waals surface area contributed by atoms with Crippen LogP contribution in [-0.4, -0.2) is 15.2 Å². The van der Waals surface area contributed by atoms with Crippen molar-refractivity contribution >= 4 is 33.9 Å². The van der Waals surface area contributed by atoms with Crippen LogP contribution in [0.15, 0.2) is 69.6 Å². The summed E-state index contributed by atoms with van der Waals surface area (Å²) >= 11 is 2.95. The molecule has 4 rings (SSSR count). The standard InChI is InChI=1S/C19H15FN4O2S2/c20-13-6-8-16(9-7-13)25-10-17-23-24-19(26-17)28-12-15-11-27-18(22-15)21-14-4-2-1-3-5-14/h1-9,11H,10,12H2,(H,21,22). The molecule has 4 aromatic rings. The number of thioether (sulfide) groups is 1. The lowest BCUT2D eigenvalue weighted by atomic mass is 10.3. The third-order valence-corrected chi connectivity index (χ3v) is 5.20. The minimum Gasteiger partial charge on any atom is -0.484 e. The highest BCUT2D eigenvalue weighted by molar-refractivity contribution is 7.98. The SMILES string of the molecule is Fc1ccc(OCc2nnc(SCc3csc(Nc4ccccc4)n3)o2)cc1. The van der Waals surface area contributed by atoms with Crippen molar-refractivity contribution in [3.8, 4) is 5.75 Å². The number of aromatic nitrogens is 3. The number of halogens is 1. The Morgan fingerprint density at radius 3 is 2.71 bits per heavy atom. The number of rotatable bonds is 8. The third-order valence-electron chi connectivity index (χ3n) is 3.54. The molecule has 0 aliphatic carbocycles. The quantitative estimate of drug-likeness (QED) is 0.393. The van der Waals surface area contributed by atoms with Crippen molar-refractivity contribution in [1.29, 1.82) is 0 Å². The zero-order valence-electron chi connectivity index (χ0n) is 14.5. The van der Waals surface area contributed by atoms with Crippen LogP contribution in [0.4, 0.5) is 15.2 Å². The number of hydrogen-bond donors (Lipinski definition) is 1. The fourth-order valence-electron chi connectivity index (χ4n) is 2.24. The minimum absolute atomic E-state index is 0.126. The molecular weight excluding hydrogens is 399 g/mol. The maximum atomic E-state index is 12.9. The molecule has 0 aliphatic heterocycles. The average molecular weight is 414 g/mol. The minimum atomic E-state index is -0.312. The fraction of sp³-hybridized carbons (Fsp3) is 0.105. The zero-order valence-corrected chi connectivity index (χ0v) is 16.2. The monoisotopic (exact) mass is 414 g/mol. The van der Waals surface area contributed by atoms with Gasteiger partial charge in [0.2, 0.25) is 0 Å². The molecule has 0 saturated carbocycles. The lowest BCUT2D eigenvalue weighted by Gasteiger charge is -2.02. The fourth-order valence-corrected chi connectivity index (χ4v) is 3.75. The number of hydrogen-bond acceptors (Lipinski definition) is 8. The molecule has 0 bridgehead atoms. The molecule has 0 saturated heterocycles. The van der Waals surface area contributed by atoms with E-state index < -0.39 is 0 Å². The second kappa shape index (κ2) is 8.85. The van der Waals surface area contributed by atoms with Gasteiger partial charge < -0.3 is 14.5 Å². The van der Waals surface area contributed by atoms with Gasteiger partial charge in [0.05, 0.1) is 5.69 Å². The Hall–Kier alpha value is -2.91. The van der Waals surface area contributed by atoms with Gasteiger partial charge >= 0.3 is 0 Å². The van der Waals surface area contributed by atoms with E-state index in [1.54, 1.807) is 23.5 Å². The molecule has 0 radical (unpaired) electrons. The number of benzene rings is 2. The van der Waals surface area contributed by atoms with E-state index in [4.69, 9.17) is 9.15 Å². The highest BCUT2D eigenvalue weighted by Crippen LogP contribution is 2.26. The van der Waals surface area contributed by atoms with Crippen molar-refractivity contribution < 1.29 is 13.5 Å². The molecule has 2 heterocycles. The Kier molecular flexibility index (Phi) is 5.83. The average Bonchev–Trinajstić information content (AvgIpc) is 3.36. The van der Waals surface area contributed by atoms with Gasteiger partial charge in [-0.2, -0.15) is 0 Å². The predicted octanol–water partition coefficient (Wildman–Crippen LogP) is 5.28. The van der Waals surface area contributed by atoms with E-state index >= 15 is 0 Å². The molecule has 0 aliphatic rings. The lowest BCUT2D eigenvalue weighted by molar-refractivity contribution is 0.252. The summed E-state index contributed by atoms with van der Waals surface area (Å²) in [5, 5.41) is 14.5. The maximum Gasteiger partial charge on any atom is 0.277 e. The van der Waals surface area contributed by atoms with E-state index in [1.807, 2.05) is 35.7 Å².